The minimum atomic E-state index is -0.0281. The van der Waals surface area contributed by atoms with Gasteiger partial charge in [-0.2, -0.15) is 0 Å². The highest BCUT2D eigenvalue weighted by molar-refractivity contribution is 5.96. The predicted molar refractivity (Wildman–Crippen MR) is 85.9 cm³/mol. The third-order valence-corrected chi connectivity index (χ3v) is 4.04. The minimum absolute atomic E-state index is 0.0281. The number of nitrogens with one attached hydrogen (secondary N) is 1. The van der Waals surface area contributed by atoms with Gasteiger partial charge in [0.1, 0.15) is 0 Å². The van der Waals surface area contributed by atoms with E-state index in [4.69, 9.17) is 5.73 Å². The van der Waals surface area contributed by atoms with Crippen LogP contribution < -0.4 is 11.1 Å². The van der Waals surface area contributed by atoms with Gasteiger partial charge in [0, 0.05) is 11.6 Å². The van der Waals surface area contributed by atoms with Crippen molar-refractivity contribution in [2.24, 2.45) is 11.1 Å². The molecule has 1 aromatic rings. The van der Waals surface area contributed by atoms with Crippen LogP contribution in [-0.4, -0.2) is 18.5 Å². The van der Waals surface area contributed by atoms with Gasteiger partial charge < -0.3 is 11.1 Å². The summed E-state index contributed by atoms with van der Waals surface area (Å²) in [7, 11) is 0. The number of nitrogens with two attached hydrogens (primary N) is 1. The molecule has 2 rings (SSSR count). The van der Waals surface area contributed by atoms with Crippen molar-refractivity contribution >= 4 is 5.91 Å². The maximum atomic E-state index is 12.5. The molecular formula is C18H24N2O. The molecule has 1 aliphatic rings. The third kappa shape index (κ3) is 4.34. The molecule has 0 saturated heterocycles. The summed E-state index contributed by atoms with van der Waals surface area (Å²) in [6.45, 7) is 4.84. The van der Waals surface area contributed by atoms with Crippen LogP contribution in [-0.2, 0) is 0 Å². The summed E-state index contributed by atoms with van der Waals surface area (Å²) in [6, 6.07) is 7.71. The fourth-order valence-corrected chi connectivity index (χ4v) is 3.02. The van der Waals surface area contributed by atoms with Crippen molar-refractivity contribution in [2.75, 3.05) is 6.54 Å². The number of carbonyl (C=O) groups is 1. The van der Waals surface area contributed by atoms with Crippen molar-refractivity contribution in [1.82, 2.24) is 5.32 Å². The topological polar surface area (TPSA) is 55.1 Å². The van der Waals surface area contributed by atoms with Crippen LogP contribution in [0.2, 0.25) is 0 Å². The quantitative estimate of drug-likeness (QED) is 0.820. The van der Waals surface area contributed by atoms with E-state index in [-0.39, 0.29) is 11.9 Å². The van der Waals surface area contributed by atoms with Crippen molar-refractivity contribution < 1.29 is 4.79 Å². The lowest BCUT2D eigenvalue weighted by Gasteiger charge is -2.35. The lowest BCUT2D eigenvalue weighted by molar-refractivity contribution is 0.0902. The Bertz CT molecular complexity index is 566. The van der Waals surface area contributed by atoms with E-state index < -0.39 is 0 Å². The van der Waals surface area contributed by atoms with Gasteiger partial charge in [-0.3, -0.25) is 4.79 Å². The second kappa shape index (κ2) is 6.78. The fourth-order valence-electron chi connectivity index (χ4n) is 3.02. The lowest BCUT2D eigenvalue weighted by Crippen LogP contribution is -2.40. The van der Waals surface area contributed by atoms with Crippen LogP contribution in [0, 0.1) is 17.3 Å². The van der Waals surface area contributed by atoms with Crippen molar-refractivity contribution in [2.45, 2.75) is 45.6 Å². The average molecular weight is 284 g/mol. The molecular weight excluding hydrogens is 260 g/mol. The van der Waals surface area contributed by atoms with E-state index in [1.165, 1.54) is 12.8 Å². The summed E-state index contributed by atoms with van der Waals surface area (Å²) in [5, 5.41) is 3.17. The molecule has 1 aliphatic carbocycles. The molecule has 1 aromatic carbocycles. The van der Waals surface area contributed by atoms with Gasteiger partial charge in [-0.25, -0.2) is 0 Å². The Balaban J connectivity index is 2.10. The molecule has 0 radical (unpaired) electrons. The van der Waals surface area contributed by atoms with Crippen molar-refractivity contribution in [3.05, 3.63) is 35.4 Å². The zero-order chi connectivity index (χ0) is 15.3. The normalized spacial score (nSPS) is 20.2. The number of hydrogen-bond donors (Lipinski definition) is 2. The van der Waals surface area contributed by atoms with Crippen LogP contribution in [0.4, 0.5) is 0 Å². The Morgan fingerprint density at radius 3 is 2.90 bits per heavy atom. The summed E-state index contributed by atoms with van der Waals surface area (Å²) in [5.41, 5.74) is 7.11. The molecule has 21 heavy (non-hydrogen) atoms. The van der Waals surface area contributed by atoms with Gasteiger partial charge in [0.15, 0.2) is 0 Å². The first-order valence-corrected chi connectivity index (χ1v) is 7.61. The Morgan fingerprint density at radius 2 is 2.19 bits per heavy atom. The summed E-state index contributed by atoms with van der Waals surface area (Å²) in [5.74, 6) is 5.76. The molecule has 0 aliphatic heterocycles. The van der Waals surface area contributed by atoms with E-state index in [9.17, 15) is 4.79 Å². The largest absolute Gasteiger partial charge is 0.349 e. The summed E-state index contributed by atoms with van der Waals surface area (Å²) in [4.78, 5) is 12.5. The summed E-state index contributed by atoms with van der Waals surface area (Å²) >= 11 is 0. The van der Waals surface area contributed by atoms with Crippen molar-refractivity contribution in [3.63, 3.8) is 0 Å². The Morgan fingerprint density at radius 1 is 1.43 bits per heavy atom. The van der Waals surface area contributed by atoms with Crippen molar-refractivity contribution in [3.8, 4) is 11.8 Å². The lowest BCUT2D eigenvalue weighted by atomic mass is 9.75. The highest BCUT2D eigenvalue weighted by Crippen LogP contribution is 2.35. The van der Waals surface area contributed by atoms with Crippen LogP contribution in [0.25, 0.3) is 0 Å². The van der Waals surface area contributed by atoms with Crippen molar-refractivity contribution in [1.29, 1.82) is 0 Å². The van der Waals surface area contributed by atoms with E-state index in [0.29, 0.717) is 17.5 Å². The molecule has 112 valence electrons. The Hall–Kier alpha value is -1.79. The summed E-state index contributed by atoms with van der Waals surface area (Å²) in [6.07, 6.45) is 4.51. The third-order valence-electron chi connectivity index (χ3n) is 4.04. The SMILES string of the molecule is CC1(C)CCCC(NC(=O)c2ccccc2C#CCN)C1. The summed E-state index contributed by atoms with van der Waals surface area (Å²) < 4.78 is 0. The molecule has 3 heteroatoms. The number of carbonyl (C=O) groups excluding carboxylic acids is 1. The molecule has 0 spiro atoms. The highest BCUT2D eigenvalue weighted by atomic mass is 16.1. The fraction of sp³-hybridized carbons (Fsp3) is 0.500. The van der Waals surface area contributed by atoms with E-state index in [0.717, 1.165) is 18.4 Å². The zero-order valence-corrected chi connectivity index (χ0v) is 12.9. The van der Waals surface area contributed by atoms with Gasteiger partial charge in [0.2, 0.25) is 0 Å². The molecule has 1 fully saturated rings. The molecule has 0 aromatic heterocycles. The number of benzene rings is 1. The van der Waals surface area contributed by atoms with Crippen LogP contribution in [0.3, 0.4) is 0 Å². The first-order chi connectivity index (χ1) is 10.0. The van der Waals surface area contributed by atoms with Gasteiger partial charge in [-0.1, -0.05) is 44.2 Å². The van der Waals surface area contributed by atoms with Crippen LogP contribution >= 0.6 is 0 Å². The first kappa shape index (κ1) is 15.6. The average Bonchev–Trinajstić information content (AvgIpc) is 2.44. The maximum absolute atomic E-state index is 12.5. The molecule has 0 bridgehead atoms. The van der Waals surface area contributed by atoms with Crippen LogP contribution in [0.1, 0.15) is 55.5 Å². The van der Waals surface area contributed by atoms with Gasteiger partial charge in [-0.15, -0.1) is 0 Å². The predicted octanol–water partition coefficient (Wildman–Crippen LogP) is 2.70. The second-order valence-electron chi connectivity index (χ2n) is 6.48. The zero-order valence-electron chi connectivity index (χ0n) is 12.9. The molecule has 1 unspecified atom stereocenters. The monoisotopic (exact) mass is 284 g/mol. The van der Waals surface area contributed by atoms with Gasteiger partial charge >= 0.3 is 0 Å². The maximum Gasteiger partial charge on any atom is 0.252 e. The smallest absolute Gasteiger partial charge is 0.252 e. The number of amides is 1. The van der Waals surface area contributed by atoms with Gasteiger partial charge in [0.05, 0.1) is 12.1 Å². The second-order valence-corrected chi connectivity index (χ2v) is 6.48. The first-order valence-electron chi connectivity index (χ1n) is 7.61. The van der Waals surface area contributed by atoms with Gasteiger partial charge in [-0.05, 0) is 36.8 Å². The van der Waals surface area contributed by atoms with Crippen LogP contribution in [0.5, 0.6) is 0 Å². The van der Waals surface area contributed by atoms with E-state index in [1.807, 2.05) is 24.3 Å². The minimum Gasteiger partial charge on any atom is -0.349 e. The molecule has 1 atom stereocenters. The Labute approximate surface area is 127 Å². The van der Waals surface area contributed by atoms with Gasteiger partial charge in [0.25, 0.3) is 5.91 Å². The van der Waals surface area contributed by atoms with E-state index in [2.05, 4.69) is 31.0 Å². The molecule has 3 nitrogen and oxygen atoms in total. The van der Waals surface area contributed by atoms with Crippen LogP contribution in [0.15, 0.2) is 24.3 Å². The molecule has 3 N–H and O–H groups in total. The van der Waals surface area contributed by atoms with E-state index >= 15 is 0 Å². The highest BCUT2D eigenvalue weighted by Gasteiger charge is 2.29. The molecule has 1 amide bonds. The van der Waals surface area contributed by atoms with E-state index in [1.54, 1.807) is 0 Å². The number of rotatable bonds is 2. The Kier molecular flexibility index (Phi) is 5.03. The number of hydrogen-bond acceptors (Lipinski definition) is 2. The molecule has 1 saturated carbocycles. The molecule has 0 heterocycles. The standard InChI is InChI=1S/C18H24N2O/c1-18(2)11-5-9-15(13-18)20-17(21)16-10-4-3-7-14(16)8-6-12-19/h3-4,7,10,15H,5,9,11-13,19H2,1-2H3,(H,20,21).